The number of rotatable bonds is 2. The molecule has 16 heavy (non-hydrogen) atoms. The summed E-state index contributed by atoms with van der Waals surface area (Å²) in [5.41, 5.74) is 1.54. The van der Waals surface area contributed by atoms with E-state index in [0.29, 0.717) is 0 Å². The number of nitrogens with one attached hydrogen (secondary N) is 1. The lowest BCUT2D eigenvalue weighted by Crippen LogP contribution is -2.58. The second-order valence-corrected chi connectivity index (χ2v) is 5.03. The summed E-state index contributed by atoms with van der Waals surface area (Å²) in [5, 5.41) is 3.36. The van der Waals surface area contributed by atoms with Crippen molar-refractivity contribution in [3.05, 3.63) is 35.9 Å². The van der Waals surface area contributed by atoms with Gasteiger partial charge < -0.3 is 5.32 Å². The largest absolute Gasteiger partial charge is 0.314 e. The fourth-order valence-electron chi connectivity index (χ4n) is 2.85. The monoisotopic (exact) mass is 216 g/mol. The molecule has 2 nitrogen and oxygen atoms in total. The van der Waals surface area contributed by atoms with E-state index in [-0.39, 0.29) is 0 Å². The van der Waals surface area contributed by atoms with Crippen LogP contribution in [0.5, 0.6) is 0 Å². The van der Waals surface area contributed by atoms with Crippen LogP contribution in [0, 0.1) is 0 Å². The summed E-state index contributed by atoms with van der Waals surface area (Å²) in [6.45, 7) is 4.98. The molecule has 3 rings (SSSR count). The highest BCUT2D eigenvalue weighted by Gasteiger charge is 2.28. The highest BCUT2D eigenvalue weighted by molar-refractivity contribution is 5.20. The molecule has 0 bridgehead atoms. The van der Waals surface area contributed by atoms with E-state index >= 15 is 0 Å². The molecular weight excluding hydrogens is 196 g/mol. The first-order valence-electron chi connectivity index (χ1n) is 6.43. The fourth-order valence-corrected chi connectivity index (χ4v) is 2.85. The lowest BCUT2D eigenvalue weighted by Gasteiger charge is -2.42. The third kappa shape index (κ3) is 2.00. The molecule has 2 aliphatic heterocycles. The van der Waals surface area contributed by atoms with Gasteiger partial charge in [-0.3, -0.25) is 4.90 Å². The van der Waals surface area contributed by atoms with Crippen LogP contribution >= 0.6 is 0 Å². The zero-order valence-electron chi connectivity index (χ0n) is 9.73. The van der Waals surface area contributed by atoms with Gasteiger partial charge in [0.15, 0.2) is 0 Å². The molecule has 2 saturated heterocycles. The Bertz CT molecular complexity index is 324. The summed E-state index contributed by atoms with van der Waals surface area (Å²) in [6.07, 6.45) is 2.67. The summed E-state index contributed by atoms with van der Waals surface area (Å²) >= 11 is 0. The van der Waals surface area contributed by atoms with Crippen LogP contribution in [0.4, 0.5) is 0 Å². The molecule has 1 N–H and O–H groups in total. The first-order chi connectivity index (χ1) is 7.93. The Balaban J connectivity index is 1.58. The van der Waals surface area contributed by atoms with Crippen molar-refractivity contribution in [2.24, 2.45) is 0 Å². The first kappa shape index (κ1) is 10.3. The summed E-state index contributed by atoms with van der Waals surface area (Å²) in [5.74, 6) is 0.797. The van der Waals surface area contributed by atoms with Gasteiger partial charge in [0.25, 0.3) is 0 Å². The third-order valence-electron chi connectivity index (χ3n) is 4.08. The number of hydrogen-bond acceptors (Lipinski definition) is 2. The molecule has 1 aromatic rings. The van der Waals surface area contributed by atoms with Crippen LogP contribution in [0.15, 0.2) is 30.3 Å². The van der Waals surface area contributed by atoms with Gasteiger partial charge in [0.05, 0.1) is 0 Å². The van der Waals surface area contributed by atoms with Crippen molar-refractivity contribution in [2.75, 3.05) is 26.2 Å². The average molecular weight is 216 g/mol. The SMILES string of the molecule is c1ccc(C2CCN(C3CNC3)CC2)cc1. The van der Waals surface area contributed by atoms with E-state index in [2.05, 4.69) is 40.5 Å². The predicted molar refractivity (Wildman–Crippen MR) is 66.6 cm³/mol. The van der Waals surface area contributed by atoms with Gasteiger partial charge in [0, 0.05) is 19.1 Å². The first-order valence-corrected chi connectivity index (χ1v) is 6.43. The van der Waals surface area contributed by atoms with Crippen molar-refractivity contribution < 1.29 is 0 Å². The highest BCUT2D eigenvalue weighted by atomic mass is 15.2. The maximum atomic E-state index is 3.36. The number of piperidine rings is 1. The molecule has 2 aliphatic rings. The molecule has 1 aromatic carbocycles. The van der Waals surface area contributed by atoms with Gasteiger partial charge in [0.1, 0.15) is 0 Å². The Morgan fingerprint density at radius 3 is 2.25 bits per heavy atom. The Kier molecular flexibility index (Phi) is 2.94. The van der Waals surface area contributed by atoms with Crippen LogP contribution in [0.3, 0.4) is 0 Å². The maximum Gasteiger partial charge on any atom is 0.0345 e. The number of hydrogen-bond donors (Lipinski definition) is 1. The Hall–Kier alpha value is -0.860. The number of nitrogens with zero attached hydrogens (tertiary/aromatic N) is 1. The van der Waals surface area contributed by atoms with Crippen molar-refractivity contribution in [1.82, 2.24) is 10.2 Å². The van der Waals surface area contributed by atoms with Crippen molar-refractivity contribution in [1.29, 1.82) is 0 Å². The van der Waals surface area contributed by atoms with Crippen LogP contribution < -0.4 is 5.32 Å². The third-order valence-corrected chi connectivity index (χ3v) is 4.08. The molecule has 0 aliphatic carbocycles. The summed E-state index contributed by atoms with van der Waals surface area (Å²) in [7, 11) is 0. The Labute approximate surface area is 97.6 Å². The average Bonchev–Trinajstić information content (AvgIpc) is 2.29. The minimum absolute atomic E-state index is 0.797. The molecule has 0 amide bonds. The van der Waals surface area contributed by atoms with Crippen molar-refractivity contribution in [3.63, 3.8) is 0 Å². The maximum absolute atomic E-state index is 3.36. The smallest absolute Gasteiger partial charge is 0.0345 e. The molecule has 2 fully saturated rings. The van der Waals surface area contributed by atoms with Crippen molar-refractivity contribution in [2.45, 2.75) is 24.8 Å². The number of benzene rings is 1. The Morgan fingerprint density at radius 2 is 1.69 bits per heavy atom. The van der Waals surface area contributed by atoms with E-state index in [1.165, 1.54) is 44.6 Å². The molecule has 0 spiro atoms. The topological polar surface area (TPSA) is 15.3 Å². The lowest BCUT2D eigenvalue weighted by atomic mass is 9.88. The quantitative estimate of drug-likeness (QED) is 0.811. The predicted octanol–water partition coefficient (Wildman–Crippen LogP) is 1.84. The van der Waals surface area contributed by atoms with Crippen LogP contribution in [-0.2, 0) is 0 Å². The molecule has 0 saturated carbocycles. The molecule has 0 atom stereocenters. The van der Waals surface area contributed by atoms with Crippen LogP contribution in [0.1, 0.15) is 24.3 Å². The van der Waals surface area contributed by atoms with Crippen LogP contribution in [-0.4, -0.2) is 37.1 Å². The minimum Gasteiger partial charge on any atom is -0.314 e. The molecule has 2 heterocycles. The molecule has 86 valence electrons. The van der Waals surface area contributed by atoms with E-state index in [4.69, 9.17) is 0 Å². The zero-order chi connectivity index (χ0) is 10.8. The van der Waals surface area contributed by atoms with E-state index in [0.717, 1.165) is 12.0 Å². The van der Waals surface area contributed by atoms with E-state index in [9.17, 15) is 0 Å². The van der Waals surface area contributed by atoms with E-state index in [1.54, 1.807) is 0 Å². The van der Waals surface area contributed by atoms with Gasteiger partial charge >= 0.3 is 0 Å². The summed E-state index contributed by atoms with van der Waals surface area (Å²) in [6, 6.07) is 11.8. The fraction of sp³-hybridized carbons (Fsp3) is 0.571. The molecule has 2 heteroatoms. The van der Waals surface area contributed by atoms with Gasteiger partial charge in [0.2, 0.25) is 0 Å². The molecule has 0 aromatic heterocycles. The Morgan fingerprint density at radius 1 is 1.00 bits per heavy atom. The number of likely N-dealkylation sites (tertiary alicyclic amines) is 1. The normalized spacial score (nSPS) is 24.2. The van der Waals surface area contributed by atoms with Crippen LogP contribution in [0.25, 0.3) is 0 Å². The van der Waals surface area contributed by atoms with Gasteiger partial charge in [-0.25, -0.2) is 0 Å². The van der Waals surface area contributed by atoms with E-state index in [1.807, 2.05) is 0 Å². The zero-order valence-corrected chi connectivity index (χ0v) is 9.73. The van der Waals surface area contributed by atoms with Crippen molar-refractivity contribution >= 4 is 0 Å². The van der Waals surface area contributed by atoms with E-state index < -0.39 is 0 Å². The van der Waals surface area contributed by atoms with Gasteiger partial charge in [-0.15, -0.1) is 0 Å². The second kappa shape index (κ2) is 4.56. The minimum atomic E-state index is 0.797. The van der Waals surface area contributed by atoms with Crippen molar-refractivity contribution in [3.8, 4) is 0 Å². The molecular formula is C14H20N2. The van der Waals surface area contributed by atoms with Gasteiger partial charge in [-0.2, -0.15) is 0 Å². The molecule has 0 radical (unpaired) electrons. The standard InChI is InChI=1S/C14H20N2/c1-2-4-12(5-3-1)13-6-8-16(9-7-13)14-10-15-11-14/h1-5,13-15H,6-11H2. The lowest BCUT2D eigenvalue weighted by molar-refractivity contribution is 0.113. The summed E-state index contributed by atoms with van der Waals surface area (Å²) in [4.78, 5) is 2.66. The second-order valence-electron chi connectivity index (χ2n) is 5.03. The van der Waals surface area contributed by atoms with Gasteiger partial charge in [-0.1, -0.05) is 30.3 Å². The van der Waals surface area contributed by atoms with Crippen LogP contribution in [0.2, 0.25) is 0 Å². The molecule has 0 unspecified atom stereocenters. The van der Waals surface area contributed by atoms with Gasteiger partial charge in [-0.05, 0) is 37.4 Å². The summed E-state index contributed by atoms with van der Waals surface area (Å²) < 4.78 is 0. The highest BCUT2D eigenvalue weighted by Crippen LogP contribution is 2.28.